The first-order valence-electron chi connectivity index (χ1n) is 15.5. The molecular weight excluding hydrogens is 544 g/mol. The number of unbranched alkanes of at least 4 members (excludes halogenated alkanes) is 1. The summed E-state index contributed by atoms with van der Waals surface area (Å²) in [4.78, 5) is 0. The maximum absolute atomic E-state index is 7.41. The number of methoxy groups -OCH3 is 2. The van der Waals surface area contributed by atoms with Gasteiger partial charge in [0, 0.05) is 27.5 Å². The molecule has 1 aliphatic heterocycles. The van der Waals surface area contributed by atoms with E-state index in [1.807, 2.05) is 24.3 Å². The molecule has 0 spiro atoms. The minimum Gasteiger partial charge on any atom is -0.497 e. The van der Waals surface area contributed by atoms with E-state index < -0.39 is 5.60 Å². The summed E-state index contributed by atoms with van der Waals surface area (Å²) in [6.07, 6.45) is 6.62. The number of benzene rings is 5. The number of hydrogen-bond acceptors (Lipinski definition) is 4. The Morgan fingerprint density at radius 1 is 0.727 bits per heavy atom. The summed E-state index contributed by atoms with van der Waals surface area (Å²) in [5.41, 5.74) is 7.27. The Bertz CT molecular complexity index is 1880. The van der Waals surface area contributed by atoms with E-state index in [1.165, 1.54) is 22.3 Å². The van der Waals surface area contributed by atoms with Crippen molar-refractivity contribution >= 4 is 16.8 Å². The molecule has 7 rings (SSSR count). The van der Waals surface area contributed by atoms with Crippen LogP contribution in [0.5, 0.6) is 23.0 Å². The van der Waals surface area contributed by atoms with Crippen LogP contribution < -0.4 is 18.9 Å². The molecule has 1 heterocycles. The zero-order valence-corrected chi connectivity index (χ0v) is 26.1. The van der Waals surface area contributed by atoms with Gasteiger partial charge in [-0.15, -0.1) is 0 Å². The average Bonchev–Trinajstić information content (AvgIpc) is 3.31. The van der Waals surface area contributed by atoms with Crippen LogP contribution in [0.1, 0.15) is 61.4 Å². The summed E-state index contributed by atoms with van der Waals surface area (Å²) in [6, 6.07) is 31.7. The first-order valence-corrected chi connectivity index (χ1v) is 15.5. The topological polar surface area (TPSA) is 36.9 Å². The molecule has 222 valence electrons. The Morgan fingerprint density at radius 2 is 1.39 bits per heavy atom. The summed E-state index contributed by atoms with van der Waals surface area (Å²) in [5, 5.41) is 2.20. The van der Waals surface area contributed by atoms with Crippen molar-refractivity contribution in [2.45, 2.75) is 44.6 Å². The minimum absolute atomic E-state index is 0.199. The van der Waals surface area contributed by atoms with Crippen molar-refractivity contribution in [2.75, 3.05) is 20.8 Å². The fraction of sp³-hybridized carbons (Fsp3) is 0.250. The van der Waals surface area contributed by atoms with E-state index in [1.54, 1.807) is 14.2 Å². The normalized spacial score (nSPS) is 17.4. The lowest BCUT2D eigenvalue weighted by Gasteiger charge is -2.38. The second-order valence-electron chi connectivity index (χ2n) is 12.2. The highest BCUT2D eigenvalue weighted by atomic mass is 16.5. The van der Waals surface area contributed by atoms with Crippen molar-refractivity contribution in [1.29, 1.82) is 0 Å². The maximum Gasteiger partial charge on any atom is 0.178 e. The van der Waals surface area contributed by atoms with Crippen molar-refractivity contribution in [2.24, 2.45) is 0 Å². The van der Waals surface area contributed by atoms with Gasteiger partial charge in [0.05, 0.1) is 20.8 Å². The van der Waals surface area contributed by atoms with E-state index in [2.05, 4.69) is 99.7 Å². The molecule has 44 heavy (non-hydrogen) atoms. The van der Waals surface area contributed by atoms with Gasteiger partial charge in [-0.25, -0.2) is 0 Å². The van der Waals surface area contributed by atoms with E-state index in [9.17, 15) is 0 Å². The van der Waals surface area contributed by atoms with Gasteiger partial charge in [0.1, 0.15) is 23.0 Å². The molecule has 0 bridgehead atoms. The lowest BCUT2D eigenvalue weighted by Crippen LogP contribution is -2.35. The summed E-state index contributed by atoms with van der Waals surface area (Å²) in [6.45, 7) is 7.53. The number of fused-ring (bicyclic) bond motifs is 8. The predicted octanol–water partition coefficient (Wildman–Crippen LogP) is 9.69. The second-order valence-corrected chi connectivity index (χ2v) is 12.2. The Hall–Kier alpha value is -4.70. The zero-order chi connectivity index (χ0) is 30.5. The van der Waals surface area contributed by atoms with E-state index in [-0.39, 0.29) is 5.41 Å². The molecule has 0 fully saturated rings. The quantitative estimate of drug-likeness (QED) is 0.171. The molecule has 0 saturated heterocycles. The van der Waals surface area contributed by atoms with Crippen LogP contribution in [0.25, 0.3) is 28.0 Å². The third kappa shape index (κ3) is 4.27. The molecule has 2 aliphatic rings. The van der Waals surface area contributed by atoms with Crippen molar-refractivity contribution in [3.05, 3.63) is 125 Å². The van der Waals surface area contributed by atoms with Gasteiger partial charge in [0.2, 0.25) is 0 Å². The van der Waals surface area contributed by atoms with Crippen LogP contribution in [0.3, 0.4) is 0 Å². The molecule has 0 amide bonds. The van der Waals surface area contributed by atoms with Gasteiger partial charge in [-0.3, -0.25) is 0 Å². The van der Waals surface area contributed by atoms with Gasteiger partial charge in [0.25, 0.3) is 0 Å². The molecular formula is C40H38O4. The van der Waals surface area contributed by atoms with Crippen LogP contribution in [0, 0.1) is 0 Å². The van der Waals surface area contributed by atoms with Crippen LogP contribution in [0.15, 0.2) is 97.1 Å². The van der Waals surface area contributed by atoms with Crippen LogP contribution >= 0.6 is 0 Å². The average molecular weight is 583 g/mol. The molecule has 0 N–H and O–H groups in total. The van der Waals surface area contributed by atoms with E-state index >= 15 is 0 Å². The van der Waals surface area contributed by atoms with Crippen LogP contribution in [-0.2, 0) is 11.0 Å². The Labute approximate surface area is 259 Å². The highest BCUT2D eigenvalue weighted by molar-refractivity contribution is 6.08. The van der Waals surface area contributed by atoms with E-state index in [0.717, 1.165) is 63.3 Å². The Kier molecular flexibility index (Phi) is 6.88. The van der Waals surface area contributed by atoms with Gasteiger partial charge in [-0.1, -0.05) is 81.8 Å². The lowest BCUT2D eigenvalue weighted by molar-refractivity contribution is 0.163. The van der Waals surface area contributed by atoms with Crippen molar-refractivity contribution in [1.82, 2.24) is 0 Å². The van der Waals surface area contributed by atoms with Gasteiger partial charge >= 0.3 is 0 Å². The predicted molar refractivity (Wildman–Crippen MR) is 178 cm³/mol. The molecule has 0 saturated carbocycles. The first kappa shape index (κ1) is 28.1. The van der Waals surface area contributed by atoms with E-state index in [4.69, 9.17) is 18.9 Å². The molecule has 1 aliphatic carbocycles. The molecule has 0 aromatic heterocycles. The number of rotatable bonds is 8. The summed E-state index contributed by atoms with van der Waals surface area (Å²) < 4.78 is 24.7. The van der Waals surface area contributed by atoms with Crippen molar-refractivity contribution in [3.63, 3.8) is 0 Å². The molecule has 1 unspecified atom stereocenters. The smallest absolute Gasteiger partial charge is 0.178 e. The van der Waals surface area contributed by atoms with Crippen molar-refractivity contribution < 1.29 is 18.9 Å². The van der Waals surface area contributed by atoms with Gasteiger partial charge in [-0.05, 0) is 82.6 Å². The van der Waals surface area contributed by atoms with Crippen LogP contribution in [0.2, 0.25) is 0 Å². The second kappa shape index (κ2) is 10.8. The number of hydrogen-bond donors (Lipinski definition) is 0. The Morgan fingerprint density at radius 3 is 2.07 bits per heavy atom. The van der Waals surface area contributed by atoms with Crippen molar-refractivity contribution in [3.8, 4) is 34.1 Å². The molecule has 4 heteroatoms. The fourth-order valence-electron chi connectivity index (χ4n) is 7.01. The van der Waals surface area contributed by atoms with Crippen LogP contribution in [0.4, 0.5) is 0 Å². The fourth-order valence-corrected chi connectivity index (χ4v) is 7.01. The third-order valence-electron chi connectivity index (χ3n) is 9.32. The summed E-state index contributed by atoms with van der Waals surface area (Å²) in [5.74, 6) is 3.32. The molecule has 4 nitrogen and oxygen atoms in total. The molecule has 0 radical (unpaired) electrons. The lowest BCUT2D eigenvalue weighted by atomic mass is 9.77. The number of ether oxygens (including phenoxy) is 4. The van der Waals surface area contributed by atoms with Gasteiger partial charge in [0.15, 0.2) is 5.60 Å². The molecule has 5 aromatic rings. The van der Waals surface area contributed by atoms with Crippen LogP contribution in [-0.4, -0.2) is 20.8 Å². The maximum atomic E-state index is 7.41. The Balaban J connectivity index is 1.47. The zero-order valence-electron chi connectivity index (χ0n) is 26.1. The standard InChI is InChI=1S/C40H38O4/c1-6-7-24-43-29-18-14-27(15-19-29)40(26-12-16-28(41-4)17-13-26)23-22-33-37-36(32-10-8-9-11-35(32)39(37,2)3)31-21-20-30(42-5)25-34(31)38(33)44-40/h8-23,25H,6-7,24H2,1-5H3. The largest absolute Gasteiger partial charge is 0.497 e. The minimum atomic E-state index is -0.874. The van der Waals surface area contributed by atoms with E-state index in [0.29, 0.717) is 6.61 Å². The molecule has 1 atom stereocenters. The SMILES string of the molecule is CCCCOc1ccc(C2(c3ccc(OC)cc3)C=Cc3c4c(c5ccc(OC)cc5c3O2)-c2ccccc2C4(C)C)cc1. The van der Waals surface area contributed by atoms with Gasteiger partial charge in [-0.2, -0.15) is 0 Å². The highest BCUT2D eigenvalue weighted by Crippen LogP contribution is 2.58. The van der Waals surface area contributed by atoms with Gasteiger partial charge < -0.3 is 18.9 Å². The molecule has 5 aromatic carbocycles. The first-order chi connectivity index (χ1) is 21.4. The summed E-state index contributed by atoms with van der Waals surface area (Å²) in [7, 11) is 3.40. The highest BCUT2D eigenvalue weighted by Gasteiger charge is 2.44. The monoisotopic (exact) mass is 582 g/mol. The summed E-state index contributed by atoms with van der Waals surface area (Å²) >= 11 is 0. The third-order valence-corrected chi connectivity index (χ3v) is 9.32.